The summed E-state index contributed by atoms with van der Waals surface area (Å²) in [6.07, 6.45) is 2.19. The molecule has 0 radical (unpaired) electrons. The van der Waals surface area contributed by atoms with Crippen molar-refractivity contribution in [1.82, 2.24) is 0 Å². The Morgan fingerprint density at radius 1 is 0.677 bits per heavy atom. The standard InChI is InChI=1S/C22H28O8S/c1-15(2)19(23)27-11-5-7-13-29-21(25)17-9-10-18(31-17)22(26)30-14-8-6-12-28-20(24)16(3)4/h9-10H,1,3,5-8,11-14H2,2,4H3. The maximum atomic E-state index is 12.0. The molecule has 0 atom stereocenters. The van der Waals surface area contributed by atoms with Crippen LogP contribution in [-0.2, 0) is 28.5 Å². The van der Waals surface area contributed by atoms with E-state index in [1.165, 1.54) is 12.1 Å². The molecule has 1 rings (SSSR count). The highest BCUT2D eigenvalue weighted by atomic mass is 32.1. The summed E-state index contributed by atoms with van der Waals surface area (Å²) in [4.78, 5) is 47.1. The van der Waals surface area contributed by atoms with E-state index in [-0.39, 0.29) is 26.4 Å². The summed E-state index contributed by atoms with van der Waals surface area (Å²) in [5, 5.41) is 0. The van der Waals surface area contributed by atoms with Crippen LogP contribution in [0.4, 0.5) is 0 Å². The maximum Gasteiger partial charge on any atom is 0.348 e. The quantitative estimate of drug-likeness (QED) is 0.181. The predicted molar refractivity (Wildman–Crippen MR) is 115 cm³/mol. The Balaban J connectivity index is 2.21. The van der Waals surface area contributed by atoms with Crippen molar-refractivity contribution < 1.29 is 38.1 Å². The van der Waals surface area contributed by atoms with Crippen LogP contribution in [0.3, 0.4) is 0 Å². The molecule has 8 nitrogen and oxygen atoms in total. The summed E-state index contributed by atoms with van der Waals surface area (Å²) in [6, 6.07) is 3.02. The summed E-state index contributed by atoms with van der Waals surface area (Å²) < 4.78 is 20.2. The second-order valence-corrected chi connectivity index (χ2v) is 7.77. The molecule has 0 unspecified atom stereocenters. The van der Waals surface area contributed by atoms with E-state index in [1.807, 2.05) is 0 Å². The van der Waals surface area contributed by atoms with Crippen molar-refractivity contribution in [2.45, 2.75) is 39.5 Å². The van der Waals surface area contributed by atoms with Crippen LogP contribution in [0.2, 0.25) is 0 Å². The molecule has 1 aromatic heterocycles. The SMILES string of the molecule is C=C(C)C(=O)OCCCCOC(=O)c1ccc(C(=O)OCCCCOC(=O)C(=C)C)s1. The van der Waals surface area contributed by atoms with Gasteiger partial charge in [-0.15, -0.1) is 11.3 Å². The van der Waals surface area contributed by atoms with Gasteiger partial charge in [-0.25, -0.2) is 19.2 Å². The molecule has 0 fully saturated rings. The van der Waals surface area contributed by atoms with Gasteiger partial charge in [0.15, 0.2) is 0 Å². The second-order valence-electron chi connectivity index (χ2n) is 6.68. The van der Waals surface area contributed by atoms with Gasteiger partial charge in [0.1, 0.15) is 9.75 Å². The summed E-state index contributed by atoms with van der Waals surface area (Å²) in [5.74, 6) is -1.94. The molecule has 9 heteroatoms. The molecular weight excluding hydrogens is 424 g/mol. The van der Waals surface area contributed by atoms with Gasteiger partial charge >= 0.3 is 23.9 Å². The van der Waals surface area contributed by atoms with Crippen LogP contribution in [0.25, 0.3) is 0 Å². The van der Waals surface area contributed by atoms with E-state index >= 15 is 0 Å². The van der Waals surface area contributed by atoms with Crippen molar-refractivity contribution in [2.24, 2.45) is 0 Å². The number of thiophene rings is 1. The number of rotatable bonds is 14. The fourth-order valence-corrected chi connectivity index (χ4v) is 2.81. The van der Waals surface area contributed by atoms with Crippen LogP contribution in [0.15, 0.2) is 36.4 Å². The van der Waals surface area contributed by atoms with E-state index < -0.39 is 23.9 Å². The highest BCUT2D eigenvalue weighted by molar-refractivity contribution is 7.15. The van der Waals surface area contributed by atoms with Gasteiger partial charge in [0.05, 0.1) is 26.4 Å². The van der Waals surface area contributed by atoms with Crippen LogP contribution in [-0.4, -0.2) is 50.3 Å². The monoisotopic (exact) mass is 452 g/mol. The summed E-state index contributed by atoms with van der Waals surface area (Å²) in [5.41, 5.74) is 0.671. The third-order valence-corrected chi connectivity index (χ3v) is 4.76. The third-order valence-electron chi connectivity index (χ3n) is 3.72. The van der Waals surface area contributed by atoms with Gasteiger partial charge in [-0.1, -0.05) is 13.2 Å². The lowest BCUT2D eigenvalue weighted by molar-refractivity contribution is -0.140. The molecule has 170 valence electrons. The normalized spacial score (nSPS) is 10.1. The molecule has 31 heavy (non-hydrogen) atoms. The molecule has 1 heterocycles. The number of carbonyl (C=O) groups excluding carboxylic acids is 4. The maximum absolute atomic E-state index is 12.0. The summed E-state index contributed by atoms with van der Waals surface area (Å²) >= 11 is 0.993. The van der Waals surface area contributed by atoms with Gasteiger partial charge in [0, 0.05) is 11.1 Å². The number of esters is 4. The minimum Gasteiger partial charge on any atom is -0.462 e. The Morgan fingerprint density at radius 3 is 1.32 bits per heavy atom. The van der Waals surface area contributed by atoms with Crippen molar-refractivity contribution in [3.05, 3.63) is 46.2 Å². The third kappa shape index (κ3) is 10.6. The van der Waals surface area contributed by atoms with E-state index in [0.29, 0.717) is 46.6 Å². The zero-order valence-electron chi connectivity index (χ0n) is 17.9. The van der Waals surface area contributed by atoms with E-state index in [1.54, 1.807) is 13.8 Å². The molecule has 0 saturated heterocycles. The van der Waals surface area contributed by atoms with Crippen molar-refractivity contribution in [1.29, 1.82) is 0 Å². The number of carbonyl (C=O) groups is 4. The topological polar surface area (TPSA) is 105 Å². The highest BCUT2D eigenvalue weighted by Crippen LogP contribution is 2.19. The van der Waals surface area contributed by atoms with Crippen LogP contribution >= 0.6 is 11.3 Å². The lowest BCUT2D eigenvalue weighted by atomic mass is 10.3. The Kier molecular flexibility index (Phi) is 11.9. The Labute approximate surface area is 185 Å². The van der Waals surface area contributed by atoms with Crippen molar-refractivity contribution in [2.75, 3.05) is 26.4 Å². The zero-order valence-corrected chi connectivity index (χ0v) is 18.7. The van der Waals surface area contributed by atoms with Crippen LogP contribution in [0.1, 0.15) is 58.9 Å². The lowest BCUT2D eigenvalue weighted by Crippen LogP contribution is -2.09. The summed E-state index contributed by atoms with van der Waals surface area (Å²) in [7, 11) is 0. The average Bonchev–Trinajstić information content (AvgIpc) is 3.22. The molecule has 0 aromatic carbocycles. The van der Waals surface area contributed by atoms with Gasteiger partial charge in [0.25, 0.3) is 0 Å². The first-order valence-electron chi connectivity index (χ1n) is 9.81. The lowest BCUT2D eigenvalue weighted by Gasteiger charge is -2.05. The Morgan fingerprint density at radius 2 is 1.00 bits per heavy atom. The van der Waals surface area contributed by atoms with Crippen LogP contribution < -0.4 is 0 Å². The Hall–Kier alpha value is -2.94. The molecule has 1 aromatic rings. The van der Waals surface area contributed by atoms with Gasteiger partial charge < -0.3 is 18.9 Å². The minimum atomic E-state index is -0.526. The zero-order chi connectivity index (χ0) is 23.2. The fourth-order valence-electron chi connectivity index (χ4n) is 2.01. The van der Waals surface area contributed by atoms with Gasteiger partial charge in [-0.3, -0.25) is 0 Å². The summed E-state index contributed by atoms with van der Waals surface area (Å²) in [6.45, 7) is 10.9. The van der Waals surface area contributed by atoms with Crippen molar-refractivity contribution >= 4 is 35.2 Å². The molecule has 0 saturated carbocycles. The van der Waals surface area contributed by atoms with Crippen molar-refractivity contribution in [3.63, 3.8) is 0 Å². The number of hydrogen-bond acceptors (Lipinski definition) is 9. The molecule has 0 aliphatic carbocycles. The molecule has 0 N–H and O–H groups in total. The second kappa shape index (κ2) is 14.1. The largest absolute Gasteiger partial charge is 0.462 e. The smallest absolute Gasteiger partial charge is 0.348 e. The Bertz CT molecular complexity index is 744. The van der Waals surface area contributed by atoms with Gasteiger partial charge in [0.2, 0.25) is 0 Å². The average molecular weight is 453 g/mol. The number of ether oxygens (including phenoxy) is 4. The van der Waals surface area contributed by atoms with Gasteiger partial charge in [-0.05, 0) is 51.7 Å². The molecule has 0 aliphatic rings. The molecular formula is C22H28O8S. The van der Waals surface area contributed by atoms with E-state index in [9.17, 15) is 19.2 Å². The first kappa shape index (κ1) is 26.1. The first-order valence-corrected chi connectivity index (χ1v) is 10.6. The fraction of sp³-hybridized carbons (Fsp3) is 0.455. The minimum absolute atomic E-state index is 0.178. The molecule has 0 amide bonds. The van der Waals surface area contributed by atoms with E-state index in [4.69, 9.17) is 18.9 Å². The van der Waals surface area contributed by atoms with Crippen molar-refractivity contribution in [3.8, 4) is 0 Å². The first-order chi connectivity index (χ1) is 14.7. The van der Waals surface area contributed by atoms with E-state index in [2.05, 4.69) is 13.2 Å². The predicted octanol–water partition coefficient (Wildman–Crippen LogP) is 3.86. The van der Waals surface area contributed by atoms with Gasteiger partial charge in [-0.2, -0.15) is 0 Å². The number of hydrogen-bond donors (Lipinski definition) is 0. The molecule has 0 bridgehead atoms. The van der Waals surface area contributed by atoms with Crippen LogP contribution in [0, 0.1) is 0 Å². The molecule has 0 spiro atoms. The number of unbranched alkanes of at least 4 members (excludes halogenated alkanes) is 2. The van der Waals surface area contributed by atoms with E-state index in [0.717, 1.165) is 11.3 Å². The molecule has 0 aliphatic heterocycles. The van der Waals surface area contributed by atoms with Crippen LogP contribution in [0.5, 0.6) is 0 Å². The highest BCUT2D eigenvalue weighted by Gasteiger charge is 2.16.